The average molecular weight is 385 g/mol. The van der Waals surface area contributed by atoms with Crippen molar-refractivity contribution in [1.29, 1.82) is 0 Å². The van der Waals surface area contributed by atoms with Crippen LogP contribution in [0.15, 0.2) is 56.1 Å². The van der Waals surface area contributed by atoms with Gasteiger partial charge in [0.25, 0.3) is 6.43 Å². The minimum absolute atomic E-state index is 0.0117. The molecule has 0 unspecified atom stereocenters. The van der Waals surface area contributed by atoms with E-state index in [1.165, 1.54) is 18.2 Å². The van der Waals surface area contributed by atoms with Crippen molar-refractivity contribution in [1.82, 2.24) is 4.72 Å². The number of benzene rings is 2. The van der Waals surface area contributed by atoms with Crippen LogP contribution in [0.2, 0.25) is 0 Å². The van der Waals surface area contributed by atoms with Crippen molar-refractivity contribution < 1.29 is 21.9 Å². The number of sulfonamides is 1. The highest BCUT2D eigenvalue weighted by molar-refractivity contribution is 7.89. The zero-order chi connectivity index (χ0) is 17.9. The number of ether oxygens (including phenoxy) is 1. The second kappa shape index (κ2) is 7.38. The SMILES string of the molecule is O=S(=O)(NCc1cccc(OCC(F)F)c1)c1cccc2c1N=S=N2. The number of rotatable bonds is 7. The third-order valence-corrected chi connectivity index (χ3v) is 5.25. The molecule has 2 aromatic carbocycles. The number of fused-ring (bicyclic) bond motifs is 1. The van der Waals surface area contributed by atoms with E-state index in [-0.39, 0.29) is 17.2 Å². The van der Waals surface area contributed by atoms with Crippen LogP contribution in [0.5, 0.6) is 5.75 Å². The van der Waals surface area contributed by atoms with E-state index in [0.717, 1.165) is 11.4 Å². The van der Waals surface area contributed by atoms with Crippen LogP contribution in [0, 0.1) is 0 Å². The standard InChI is InChI=1S/C15H13F2N3O3S2/c16-14(17)9-23-11-4-1-3-10(7-11)8-18-25(21,22)13-6-2-5-12-15(13)20-24-19-12/h1-7,14,18H,8-9H2. The molecule has 10 heteroatoms. The molecule has 0 amide bonds. The van der Waals surface area contributed by atoms with Crippen LogP contribution in [0.3, 0.4) is 0 Å². The highest BCUT2D eigenvalue weighted by Gasteiger charge is 2.22. The van der Waals surface area contributed by atoms with Gasteiger partial charge in [-0.2, -0.15) is 8.73 Å². The van der Waals surface area contributed by atoms with Crippen LogP contribution >= 0.6 is 0 Å². The molecule has 1 N–H and O–H groups in total. The summed E-state index contributed by atoms with van der Waals surface area (Å²) in [5.74, 6) is 0.253. The van der Waals surface area contributed by atoms with Gasteiger partial charge in [-0.05, 0) is 29.8 Å². The normalized spacial score (nSPS) is 12.9. The van der Waals surface area contributed by atoms with E-state index in [1.54, 1.807) is 24.3 Å². The minimum atomic E-state index is -3.80. The molecule has 0 fully saturated rings. The highest BCUT2D eigenvalue weighted by atomic mass is 32.2. The molecule has 0 aromatic heterocycles. The van der Waals surface area contributed by atoms with Crippen molar-refractivity contribution in [3.63, 3.8) is 0 Å². The van der Waals surface area contributed by atoms with Gasteiger partial charge in [0, 0.05) is 6.54 Å². The second-order valence-corrected chi connectivity index (χ2v) is 7.33. The monoisotopic (exact) mass is 385 g/mol. The van der Waals surface area contributed by atoms with Crippen LogP contribution in [0.4, 0.5) is 20.2 Å². The maximum atomic E-state index is 12.5. The topological polar surface area (TPSA) is 80.1 Å². The summed E-state index contributed by atoms with van der Waals surface area (Å²) in [5.41, 5.74) is 1.41. The van der Waals surface area contributed by atoms with Crippen molar-refractivity contribution in [3.8, 4) is 5.75 Å². The predicted molar refractivity (Wildman–Crippen MR) is 89.9 cm³/mol. The van der Waals surface area contributed by atoms with Crippen LogP contribution in [0.1, 0.15) is 5.56 Å². The number of hydrogen-bond acceptors (Lipinski definition) is 5. The number of hydrogen-bond donors (Lipinski definition) is 1. The van der Waals surface area contributed by atoms with E-state index in [1.807, 2.05) is 0 Å². The fourth-order valence-electron chi connectivity index (χ4n) is 2.16. The zero-order valence-electron chi connectivity index (χ0n) is 12.7. The van der Waals surface area contributed by atoms with Gasteiger partial charge in [-0.3, -0.25) is 0 Å². The third-order valence-electron chi connectivity index (χ3n) is 3.28. The second-order valence-electron chi connectivity index (χ2n) is 5.06. The smallest absolute Gasteiger partial charge is 0.272 e. The highest BCUT2D eigenvalue weighted by Crippen LogP contribution is 2.37. The first-order valence-electron chi connectivity index (χ1n) is 7.16. The third kappa shape index (κ3) is 4.27. The van der Waals surface area contributed by atoms with Gasteiger partial charge in [-0.1, -0.05) is 18.2 Å². The first kappa shape index (κ1) is 17.6. The average Bonchev–Trinajstić information content (AvgIpc) is 3.07. The molecule has 132 valence electrons. The Labute approximate surface area is 146 Å². The molecule has 0 aliphatic carbocycles. The summed E-state index contributed by atoms with van der Waals surface area (Å²) in [6, 6.07) is 11.0. The summed E-state index contributed by atoms with van der Waals surface area (Å²) in [5, 5.41) is 0. The summed E-state index contributed by atoms with van der Waals surface area (Å²) in [6.45, 7) is -0.726. The molecule has 1 aliphatic rings. The molecule has 1 aliphatic heterocycles. The van der Waals surface area contributed by atoms with Gasteiger partial charge in [-0.15, -0.1) is 0 Å². The summed E-state index contributed by atoms with van der Waals surface area (Å²) in [4.78, 5) is 0.0452. The summed E-state index contributed by atoms with van der Waals surface area (Å²) in [6.07, 6.45) is -2.57. The molecule has 0 bridgehead atoms. The largest absolute Gasteiger partial charge is 0.488 e. The van der Waals surface area contributed by atoms with Gasteiger partial charge in [0.05, 0.1) is 11.4 Å². The summed E-state index contributed by atoms with van der Waals surface area (Å²) in [7, 11) is -3.80. The van der Waals surface area contributed by atoms with Gasteiger partial charge in [-0.25, -0.2) is 21.9 Å². The number of alkyl halides is 2. The molecular formula is C15H13F2N3O3S2. The lowest BCUT2D eigenvalue weighted by molar-refractivity contribution is 0.0818. The maximum Gasteiger partial charge on any atom is 0.272 e. The van der Waals surface area contributed by atoms with Gasteiger partial charge in [0.15, 0.2) is 0 Å². The van der Waals surface area contributed by atoms with E-state index in [9.17, 15) is 17.2 Å². The lowest BCUT2D eigenvalue weighted by atomic mass is 10.2. The zero-order valence-corrected chi connectivity index (χ0v) is 14.4. The Morgan fingerprint density at radius 3 is 2.76 bits per heavy atom. The molecule has 1 heterocycles. The van der Waals surface area contributed by atoms with Crippen LogP contribution in [-0.2, 0) is 27.9 Å². The summed E-state index contributed by atoms with van der Waals surface area (Å²) >= 11 is 0.937. The number of nitrogens with one attached hydrogen (secondary N) is 1. The fraction of sp³-hybridized carbons (Fsp3) is 0.200. The van der Waals surface area contributed by atoms with Crippen molar-refractivity contribution in [3.05, 3.63) is 48.0 Å². The number of nitrogens with zero attached hydrogens (tertiary/aromatic N) is 2. The predicted octanol–water partition coefficient (Wildman–Crippen LogP) is 3.54. The molecular weight excluding hydrogens is 372 g/mol. The molecule has 0 atom stereocenters. The summed E-state index contributed by atoms with van der Waals surface area (Å²) < 4.78 is 64.8. The van der Waals surface area contributed by atoms with Gasteiger partial charge >= 0.3 is 0 Å². The Kier molecular flexibility index (Phi) is 5.21. The van der Waals surface area contributed by atoms with E-state index >= 15 is 0 Å². The Morgan fingerprint density at radius 2 is 1.96 bits per heavy atom. The Bertz CT molecular complexity index is 958. The van der Waals surface area contributed by atoms with Crippen molar-refractivity contribution >= 4 is 32.8 Å². The maximum absolute atomic E-state index is 12.5. The van der Waals surface area contributed by atoms with E-state index in [2.05, 4.69) is 13.4 Å². The van der Waals surface area contributed by atoms with Crippen molar-refractivity contribution in [2.24, 2.45) is 8.73 Å². The van der Waals surface area contributed by atoms with E-state index in [4.69, 9.17) is 4.74 Å². The molecule has 6 nitrogen and oxygen atoms in total. The Hall–Kier alpha value is -2.17. The molecule has 2 aromatic rings. The van der Waals surface area contributed by atoms with Crippen LogP contribution < -0.4 is 9.46 Å². The van der Waals surface area contributed by atoms with E-state index < -0.39 is 23.1 Å². The lowest BCUT2D eigenvalue weighted by Gasteiger charge is -2.10. The molecule has 3 rings (SSSR count). The number of halogens is 2. The van der Waals surface area contributed by atoms with Crippen molar-refractivity contribution in [2.75, 3.05) is 6.61 Å². The van der Waals surface area contributed by atoms with Crippen molar-refractivity contribution in [2.45, 2.75) is 17.9 Å². The quantitative estimate of drug-likeness (QED) is 0.676. The molecule has 0 saturated heterocycles. The molecule has 0 radical (unpaired) electrons. The molecule has 0 saturated carbocycles. The Morgan fingerprint density at radius 1 is 1.16 bits per heavy atom. The fourth-order valence-corrected chi connectivity index (χ4v) is 3.94. The molecule has 25 heavy (non-hydrogen) atoms. The van der Waals surface area contributed by atoms with E-state index in [0.29, 0.717) is 16.9 Å². The van der Waals surface area contributed by atoms with Gasteiger partial charge < -0.3 is 4.74 Å². The first-order chi connectivity index (χ1) is 12.0. The van der Waals surface area contributed by atoms with Gasteiger partial charge in [0.2, 0.25) is 10.0 Å². The van der Waals surface area contributed by atoms with Gasteiger partial charge in [0.1, 0.15) is 28.6 Å². The first-order valence-corrected chi connectivity index (χ1v) is 9.38. The van der Waals surface area contributed by atoms with Crippen LogP contribution in [-0.4, -0.2) is 21.5 Å². The van der Waals surface area contributed by atoms with Crippen LogP contribution in [0.25, 0.3) is 0 Å². The molecule has 0 spiro atoms. The minimum Gasteiger partial charge on any atom is -0.488 e. The lowest BCUT2D eigenvalue weighted by Crippen LogP contribution is -2.23. The Balaban J connectivity index is 1.72.